The number of piperidine rings is 1. The van der Waals surface area contributed by atoms with Gasteiger partial charge in [0.1, 0.15) is 11.9 Å². The maximum absolute atomic E-state index is 12.5. The van der Waals surface area contributed by atoms with Crippen LogP contribution in [0.3, 0.4) is 0 Å². The maximum Gasteiger partial charge on any atom is 0.269 e. The molecule has 136 valence electrons. The fraction of sp³-hybridized carbons (Fsp3) is 0.389. The molecule has 1 amide bonds. The quantitative estimate of drug-likeness (QED) is 0.617. The Morgan fingerprint density at radius 3 is 2.42 bits per heavy atom. The lowest BCUT2D eigenvalue weighted by molar-refractivity contribution is -0.384. The number of aryl methyl sites for hydroxylation is 2. The van der Waals surface area contributed by atoms with E-state index in [4.69, 9.17) is 4.74 Å². The SMILES string of the molecule is Cc1cc(OC2CCN(C(=O)c3ccc([N+](=O)[O-])cc3)CC2)nc(C)n1. The molecular formula is C18H20N4O4. The largest absolute Gasteiger partial charge is 0.474 e. The van der Waals surface area contributed by atoms with Crippen molar-refractivity contribution in [3.8, 4) is 5.88 Å². The van der Waals surface area contributed by atoms with E-state index in [1.165, 1.54) is 24.3 Å². The minimum Gasteiger partial charge on any atom is -0.474 e. The number of benzene rings is 1. The van der Waals surface area contributed by atoms with Crippen molar-refractivity contribution in [2.45, 2.75) is 32.8 Å². The molecule has 2 heterocycles. The van der Waals surface area contributed by atoms with Crippen LogP contribution in [-0.4, -0.2) is 44.9 Å². The van der Waals surface area contributed by atoms with Gasteiger partial charge >= 0.3 is 0 Å². The van der Waals surface area contributed by atoms with Gasteiger partial charge in [0.25, 0.3) is 11.6 Å². The van der Waals surface area contributed by atoms with E-state index in [0.29, 0.717) is 43.2 Å². The Kier molecular flexibility index (Phi) is 5.11. The Bertz CT molecular complexity index is 794. The van der Waals surface area contributed by atoms with Gasteiger partial charge in [0.2, 0.25) is 5.88 Å². The highest BCUT2D eigenvalue weighted by Crippen LogP contribution is 2.20. The van der Waals surface area contributed by atoms with Crippen molar-refractivity contribution in [2.75, 3.05) is 13.1 Å². The van der Waals surface area contributed by atoms with Crippen LogP contribution < -0.4 is 4.74 Å². The molecule has 1 aliphatic rings. The number of hydrogen-bond acceptors (Lipinski definition) is 6. The number of rotatable bonds is 4. The fourth-order valence-corrected chi connectivity index (χ4v) is 3.00. The molecule has 0 N–H and O–H groups in total. The Morgan fingerprint density at radius 2 is 1.85 bits per heavy atom. The summed E-state index contributed by atoms with van der Waals surface area (Å²) >= 11 is 0. The van der Waals surface area contributed by atoms with Crippen LogP contribution in [0.2, 0.25) is 0 Å². The molecule has 0 atom stereocenters. The van der Waals surface area contributed by atoms with Crippen LogP contribution in [0.25, 0.3) is 0 Å². The Balaban J connectivity index is 1.57. The number of amides is 1. The third kappa shape index (κ3) is 4.14. The zero-order valence-electron chi connectivity index (χ0n) is 14.7. The molecule has 26 heavy (non-hydrogen) atoms. The summed E-state index contributed by atoms with van der Waals surface area (Å²) in [6.45, 7) is 4.87. The first-order chi connectivity index (χ1) is 12.4. The van der Waals surface area contributed by atoms with Gasteiger partial charge in [0.15, 0.2) is 0 Å². The summed E-state index contributed by atoms with van der Waals surface area (Å²) < 4.78 is 5.93. The molecule has 1 fully saturated rings. The van der Waals surface area contributed by atoms with Crippen LogP contribution in [0.15, 0.2) is 30.3 Å². The molecule has 0 bridgehead atoms. The van der Waals surface area contributed by atoms with Crippen molar-refractivity contribution in [1.29, 1.82) is 0 Å². The second-order valence-corrected chi connectivity index (χ2v) is 6.31. The number of carbonyl (C=O) groups excluding carboxylic acids is 1. The molecule has 0 radical (unpaired) electrons. The summed E-state index contributed by atoms with van der Waals surface area (Å²) in [5.41, 5.74) is 1.29. The molecule has 0 unspecified atom stereocenters. The maximum atomic E-state index is 12.5. The van der Waals surface area contributed by atoms with Crippen LogP contribution in [-0.2, 0) is 0 Å². The van der Waals surface area contributed by atoms with Gasteiger partial charge in [-0.3, -0.25) is 14.9 Å². The number of nitro groups is 1. The Hall–Kier alpha value is -3.03. The number of carbonyl (C=O) groups is 1. The van der Waals surface area contributed by atoms with Gasteiger partial charge < -0.3 is 9.64 Å². The average molecular weight is 356 g/mol. The first-order valence-corrected chi connectivity index (χ1v) is 8.45. The zero-order chi connectivity index (χ0) is 18.7. The third-order valence-electron chi connectivity index (χ3n) is 4.28. The van der Waals surface area contributed by atoms with Crippen molar-refractivity contribution >= 4 is 11.6 Å². The van der Waals surface area contributed by atoms with Gasteiger partial charge in [-0.25, -0.2) is 4.98 Å². The summed E-state index contributed by atoms with van der Waals surface area (Å²) in [6, 6.07) is 7.50. The number of aromatic nitrogens is 2. The van der Waals surface area contributed by atoms with Gasteiger partial charge in [-0.2, -0.15) is 4.98 Å². The predicted octanol–water partition coefficient (Wildman–Crippen LogP) is 2.69. The number of nitrogens with zero attached hydrogens (tertiary/aromatic N) is 4. The molecule has 8 heteroatoms. The second kappa shape index (κ2) is 7.47. The van der Waals surface area contributed by atoms with Crippen molar-refractivity contribution in [2.24, 2.45) is 0 Å². The van der Waals surface area contributed by atoms with E-state index in [0.717, 1.165) is 5.69 Å². The van der Waals surface area contributed by atoms with E-state index in [2.05, 4.69) is 9.97 Å². The second-order valence-electron chi connectivity index (χ2n) is 6.31. The number of ether oxygens (including phenoxy) is 1. The van der Waals surface area contributed by atoms with Crippen molar-refractivity contribution in [3.63, 3.8) is 0 Å². The van der Waals surface area contributed by atoms with Gasteiger partial charge in [0.05, 0.1) is 4.92 Å². The average Bonchev–Trinajstić information content (AvgIpc) is 2.61. The molecule has 3 rings (SSSR count). The number of nitro benzene ring substituents is 1. The van der Waals surface area contributed by atoms with Crippen molar-refractivity contribution in [1.82, 2.24) is 14.9 Å². The normalized spacial score (nSPS) is 14.9. The molecule has 0 saturated carbocycles. The Morgan fingerprint density at radius 1 is 1.19 bits per heavy atom. The van der Waals surface area contributed by atoms with Crippen LogP contribution >= 0.6 is 0 Å². The predicted molar refractivity (Wildman–Crippen MR) is 94.2 cm³/mol. The van der Waals surface area contributed by atoms with Gasteiger partial charge in [-0.05, 0) is 26.0 Å². The zero-order valence-corrected chi connectivity index (χ0v) is 14.7. The van der Waals surface area contributed by atoms with Crippen LogP contribution in [0, 0.1) is 24.0 Å². The summed E-state index contributed by atoms with van der Waals surface area (Å²) in [7, 11) is 0. The summed E-state index contributed by atoms with van der Waals surface area (Å²) in [6.07, 6.45) is 1.42. The molecule has 1 aromatic carbocycles. The van der Waals surface area contributed by atoms with Gasteiger partial charge in [0, 0.05) is 55.4 Å². The highest BCUT2D eigenvalue weighted by molar-refractivity contribution is 5.94. The first-order valence-electron chi connectivity index (χ1n) is 8.45. The van der Waals surface area contributed by atoms with Crippen LogP contribution in [0.1, 0.15) is 34.7 Å². The van der Waals surface area contributed by atoms with E-state index in [-0.39, 0.29) is 17.7 Å². The van der Waals surface area contributed by atoms with E-state index in [1.807, 2.05) is 13.8 Å². The van der Waals surface area contributed by atoms with E-state index in [1.54, 1.807) is 11.0 Å². The molecule has 2 aromatic rings. The number of hydrogen-bond donors (Lipinski definition) is 0. The lowest BCUT2D eigenvalue weighted by Crippen LogP contribution is -2.41. The van der Waals surface area contributed by atoms with Gasteiger partial charge in [-0.1, -0.05) is 0 Å². The topological polar surface area (TPSA) is 98.5 Å². The summed E-state index contributed by atoms with van der Waals surface area (Å²) in [4.78, 5) is 33.0. The fourth-order valence-electron chi connectivity index (χ4n) is 3.00. The van der Waals surface area contributed by atoms with E-state index < -0.39 is 4.92 Å². The minimum absolute atomic E-state index is 0.00427. The van der Waals surface area contributed by atoms with Gasteiger partial charge in [-0.15, -0.1) is 0 Å². The Labute approximate surface area is 151 Å². The highest BCUT2D eigenvalue weighted by Gasteiger charge is 2.25. The molecular weight excluding hydrogens is 336 g/mol. The smallest absolute Gasteiger partial charge is 0.269 e. The number of non-ortho nitro benzene ring substituents is 1. The van der Waals surface area contributed by atoms with Crippen molar-refractivity contribution in [3.05, 3.63) is 57.5 Å². The first kappa shape index (κ1) is 17.8. The third-order valence-corrected chi connectivity index (χ3v) is 4.28. The summed E-state index contributed by atoms with van der Waals surface area (Å²) in [5.74, 6) is 1.12. The standard InChI is InChI=1S/C18H20N4O4/c1-12-11-17(20-13(2)19-12)26-16-7-9-21(10-8-16)18(23)14-3-5-15(6-4-14)22(24)25/h3-6,11,16H,7-10H2,1-2H3. The number of likely N-dealkylation sites (tertiary alicyclic amines) is 1. The highest BCUT2D eigenvalue weighted by atomic mass is 16.6. The molecule has 0 aliphatic carbocycles. The van der Waals surface area contributed by atoms with Crippen LogP contribution in [0.5, 0.6) is 5.88 Å². The van der Waals surface area contributed by atoms with Crippen molar-refractivity contribution < 1.29 is 14.5 Å². The lowest BCUT2D eigenvalue weighted by atomic mass is 10.1. The molecule has 8 nitrogen and oxygen atoms in total. The summed E-state index contributed by atoms with van der Waals surface area (Å²) in [5, 5.41) is 10.7. The monoisotopic (exact) mass is 356 g/mol. The van der Waals surface area contributed by atoms with E-state index in [9.17, 15) is 14.9 Å². The molecule has 1 aliphatic heterocycles. The lowest BCUT2D eigenvalue weighted by Gasteiger charge is -2.32. The molecule has 0 spiro atoms. The minimum atomic E-state index is -0.479. The molecule has 1 saturated heterocycles. The molecule has 1 aromatic heterocycles. The van der Waals surface area contributed by atoms with E-state index >= 15 is 0 Å². The van der Waals surface area contributed by atoms with Crippen LogP contribution in [0.4, 0.5) is 5.69 Å².